The van der Waals surface area contributed by atoms with Gasteiger partial charge in [-0.2, -0.15) is 26.3 Å². The van der Waals surface area contributed by atoms with Crippen LogP contribution in [0, 0.1) is 24.2 Å². The molecular weight excluding hydrogens is 930 g/mol. The van der Waals surface area contributed by atoms with E-state index in [2.05, 4.69) is 64.8 Å². The van der Waals surface area contributed by atoms with Crippen LogP contribution in [0.4, 0.5) is 38.0 Å². The number of alkyl halides is 6. The Labute approximate surface area is 378 Å². The standard InChI is InChI=1S/C22H23F3N4O3.C19H20BrF3N4O2.C3H4O/c23-22(24,25)15-7-8-18-17(13-15)28-20(21-27-14-16(29(18)21)5-3-10-30)26-9-4-12-32-19-6-1-2-11-31-19;20-15-11-25-18-17(24-7-3-9-29-16-4-1-2-8-28-16)26-13-10-12(19(21,22)23)5-6-14(13)27(15)18;1-2-3-4/h7-8,13-14,19,30H,1-2,4,6,9-12H2,(H,26,28);5-6,10-11,16H,1-4,7-9H2,(H,24,26);1,4H,3H2. The number of rotatable bonds is 12. The maximum atomic E-state index is 13.2. The number of hydrogen-bond acceptors (Lipinski definition) is 12. The summed E-state index contributed by atoms with van der Waals surface area (Å²) in [5.74, 6) is 8.10. The molecule has 0 saturated carbocycles. The molecule has 0 bridgehead atoms. The topological polar surface area (TPSA) is 162 Å². The van der Waals surface area contributed by atoms with Gasteiger partial charge in [-0.3, -0.25) is 8.80 Å². The molecule has 2 fully saturated rings. The molecule has 2 aromatic carbocycles. The lowest BCUT2D eigenvalue weighted by atomic mass is 10.2. The van der Waals surface area contributed by atoms with Gasteiger partial charge in [0.15, 0.2) is 35.5 Å². The van der Waals surface area contributed by atoms with Crippen LogP contribution in [0.2, 0.25) is 0 Å². The second-order valence-corrected chi connectivity index (χ2v) is 15.4. The van der Waals surface area contributed by atoms with E-state index in [-0.39, 0.29) is 36.8 Å². The van der Waals surface area contributed by atoms with E-state index in [1.54, 1.807) is 15.0 Å². The molecule has 14 nitrogen and oxygen atoms in total. The molecule has 6 heterocycles. The maximum Gasteiger partial charge on any atom is 0.416 e. The fourth-order valence-corrected chi connectivity index (χ4v) is 7.38. The van der Waals surface area contributed by atoms with Crippen molar-refractivity contribution in [3.63, 3.8) is 0 Å². The average Bonchev–Trinajstić information content (AvgIpc) is 3.92. The summed E-state index contributed by atoms with van der Waals surface area (Å²) in [4.78, 5) is 17.5. The molecule has 348 valence electrons. The Morgan fingerprint density at radius 1 is 0.738 bits per heavy atom. The third-order valence-electron chi connectivity index (χ3n) is 9.95. The van der Waals surface area contributed by atoms with Crippen LogP contribution in [0.1, 0.15) is 68.2 Å². The van der Waals surface area contributed by atoms with E-state index < -0.39 is 23.5 Å². The van der Waals surface area contributed by atoms with E-state index >= 15 is 0 Å². The number of hydrogen-bond donors (Lipinski definition) is 4. The van der Waals surface area contributed by atoms with Gasteiger partial charge in [0.2, 0.25) is 0 Å². The number of fused-ring (bicyclic) bond motifs is 6. The molecule has 65 heavy (non-hydrogen) atoms. The van der Waals surface area contributed by atoms with Gasteiger partial charge in [-0.1, -0.05) is 11.8 Å². The predicted molar refractivity (Wildman–Crippen MR) is 234 cm³/mol. The highest BCUT2D eigenvalue weighted by Crippen LogP contribution is 2.34. The zero-order chi connectivity index (χ0) is 46.4. The second-order valence-electron chi connectivity index (χ2n) is 14.6. The van der Waals surface area contributed by atoms with Crippen molar-refractivity contribution >= 4 is 60.9 Å². The summed E-state index contributed by atoms with van der Waals surface area (Å²) in [6.45, 7) is 3.00. The summed E-state index contributed by atoms with van der Waals surface area (Å²) >= 11 is 3.41. The van der Waals surface area contributed by atoms with E-state index in [1.165, 1.54) is 18.3 Å². The quantitative estimate of drug-likeness (QED) is 0.0530. The second kappa shape index (κ2) is 23.3. The van der Waals surface area contributed by atoms with Crippen LogP contribution < -0.4 is 10.6 Å². The van der Waals surface area contributed by atoms with Crippen LogP contribution in [-0.2, 0) is 31.3 Å². The summed E-state index contributed by atoms with van der Waals surface area (Å²) in [6, 6.07) is 6.87. The molecule has 8 rings (SSSR count). The lowest BCUT2D eigenvalue weighted by molar-refractivity contribution is -0.162. The number of benzene rings is 2. The van der Waals surface area contributed by atoms with Gasteiger partial charge in [-0.05, 0) is 110 Å². The van der Waals surface area contributed by atoms with Crippen LogP contribution in [0.25, 0.3) is 33.4 Å². The van der Waals surface area contributed by atoms with Gasteiger partial charge in [-0.25, -0.2) is 19.9 Å². The normalized spacial score (nSPS) is 16.6. The zero-order valence-electron chi connectivity index (χ0n) is 35.0. The van der Waals surface area contributed by atoms with Gasteiger partial charge in [0, 0.05) is 26.3 Å². The molecule has 2 aliphatic rings. The molecule has 21 heteroatoms. The lowest BCUT2D eigenvalue weighted by Crippen LogP contribution is -2.23. The number of terminal acetylenes is 1. The first kappa shape index (κ1) is 49.2. The Morgan fingerprint density at radius 2 is 1.23 bits per heavy atom. The van der Waals surface area contributed by atoms with Gasteiger partial charge in [0.25, 0.3) is 0 Å². The van der Waals surface area contributed by atoms with E-state index in [1.807, 2.05) is 5.92 Å². The number of aliphatic hydroxyl groups excluding tert-OH is 2. The fourth-order valence-electron chi connectivity index (χ4n) is 6.92. The Morgan fingerprint density at radius 3 is 1.69 bits per heavy atom. The van der Waals surface area contributed by atoms with Crippen molar-refractivity contribution in [1.82, 2.24) is 28.7 Å². The van der Waals surface area contributed by atoms with Gasteiger partial charge in [-0.15, -0.1) is 6.42 Å². The Hall–Kier alpha value is -5.26. The van der Waals surface area contributed by atoms with Crippen molar-refractivity contribution in [1.29, 1.82) is 0 Å². The molecule has 4 aromatic heterocycles. The minimum Gasteiger partial charge on any atom is -0.384 e. The first-order valence-corrected chi connectivity index (χ1v) is 21.6. The summed E-state index contributed by atoms with van der Waals surface area (Å²) in [6.07, 6.45) is 5.88. The Balaban J connectivity index is 0.000000200. The predicted octanol–water partition coefficient (Wildman–Crippen LogP) is 8.21. The van der Waals surface area contributed by atoms with E-state index in [4.69, 9.17) is 29.2 Å². The number of ether oxygens (including phenoxy) is 4. The molecule has 2 aliphatic heterocycles. The number of anilines is 2. The Bertz CT molecular complexity index is 2610. The number of halogens is 7. The highest BCUT2D eigenvalue weighted by atomic mass is 79.9. The zero-order valence-corrected chi connectivity index (χ0v) is 36.6. The highest BCUT2D eigenvalue weighted by Gasteiger charge is 2.32. The molecule has 2 atom stereocenters. The first-order valence-electron chi connectivity index (χ1n) is 20.8. The van der Waals surface area contributed by atoms with Gasteiger partial charge >= 0.3 is 12.4 Å². The van der Waals surface area contributed by atoms with Crippen LogP contribution >= 0.6 is 15.9 Å². The first-order chi connectivity index (χ1) is 31.3. The van der Waals surface area contributed by atoms with Crippen molar-refractivity contribution < 1.29 is 55.5 Å². The highest BCUT2D eigenvalue weighted by molar-refractivity contribution is 9.10. The summed E-state index contributed by atoms with van der Waals surface area (Å²) in [5, 5.41) is 23.0. The number of nitrogens with one attached hydrogen (secondary N) is 2. The van der Waals surface area contributed by atoms with E-state index in [0.717, 1.165) is 69.4 Å². The monoisotopic (exact) mass is 976 g/mol. The third-order valence-corrected chi connectivity index (χ3v) is 10.5. The number of aromatic nitrogens is 6. The largest absolute Gasteiger partial charge is 0.416 e. The molecular formula is C44H47BrF6N8O6. The molecule has 0 aliphatic carbocycles. The Kier molecular flexibility index (Phi) is 17.6. The van der Waals surface area contributed by atoms with Gasteiger partial charge < -0.3 is 39.8 Å². The van der Waals surface area contributed by atoms with Crippen molar-refractivity contribution in [2.75, 3.05) is 63.4 Å². The van der Waals surface area contributed by atoms with Crippen LogP contribution in [0.3, 0.4) is 0 Å². The maximum absolute atomic E-state index is 13.2. The minimum absolute atomic E-state index is 0.140. The summed E-state index contributed by atoms with van der Waals surface area (Å²) in [5.41, 5.74) is 1.29. The van der Waals surface area contributed by atoms with Gasteiger partial charge in [0.1, 0.15) is 23.5 Å². The lowest BCUT2D eigenvalue weighted by Gasteiger charge is -2.22. The molecule has 6 aromatic rings. The third kappa shape index (κ3) is 13.2. The van der Waals surface area contributed by atoms with Gasteiger partial charge in [0.05, 0.1) is 58.8 Å². The number of nitrogens with zero attached hydrogens (tertiary/aromatic N) is 6. The van der Waals surface area contributed by atoms with Crippen LogP contribution in [0.15, 0.2) is 53.4 Å². The van der Waals surface area contributed by atoms with Crippen molar-refractivity contribution in [3.8, 4) is 24.2 Å². The molecule has 4 N–H and O–H groups in total. The fraction of sp³-hybridized carbons (Fsp3) is 0.455. The molecule has 2 saturated heterocycles. The molecule has 0 spiro atoms. The number of aliphatic hydroxyl groups is 2. The molecule has 0 amide bonds. The van der Waals surface area contributed by atoms with E-state index in [0.29, 0.717) is 90.0 Å². The summed E-state index contributed by atoms with van der Waals surface area (Å²) in [7, 11) is 0. The minimum atomic E-state index is -4.48. The SMILES string of the molecule is C#CCO.FC(F)(F)c1ccc2c(c1)nc(NCCCOC1CCCCO1)c1ncc(Br)n12.OCC#Cc1cnc2c(NCCCOC3CCCCO3)nc3cc(C(F)(F)F)ccc3n12. The van der Waals surface area contributed by atoms with E-state index in [9.17, 15) is 26.3 Å². The summed E-state index contributed by atoms with van der Waals surface area (Å²) < 4.78 is 105. The smallest absolute Gasteiger partial charge is 0.384 e. The van der Waals surface area contributed by atoms with Crippen molar-refractivity contribution in [2.24, 2.45) is 0 Å². The van der Waals surface area contributed by atoms with Crippen molar-refractivity contribution in [3.05, 3.63) is 70.2 Å². The molecule has 2 unspecified atom stereocenters. The number of imidazole rings is 2. The van der Waals surface area contributed by atoms with Crippen molar-refractivity contribution in [2.45, 2.75) is 76.3 Å². The average molecular weight is 978 g/mol. The van der Waals surface area contributed by atoms with Crippen LogP contribution in [0.5, 0.6) is 0 Å². The van der Waals surface area contributed by atoms with Crippen LogP contribution in [-0.4, -0.2) is 104 Å². The molecule has 0 radical (unpaired) electrons.